The molecule has 2 saturated heterocycles. The number of hydrogen-bond donors (Lipinski definition) is 2. The zero-order chi connectivity index (χ0) is 26.5. The zero-order valence-corrected chi connectivity index (χ0v) is 21.4. The average Bonchev–Trinajstić information content (AvgIpc) is 3.40. The lowest BCUT2D eigenvalue weighted by Crippen LogP contribution is -2.53. The molecular formula is C26H31FN6O5. The van der Waals surface area contributed by atoms with Gasteiger partial charge in [-0.1, -0.05) is 0 Å². The summed E-state index contributed by atoms with van der Waals surface area (Å²) in [4.78, 5) is 31.8. The third-order valence-corrected chi connectivity index (χ3v) is 6.49. The normalized spacial score (nSPS) is 21.9. The molecule has 2 fully saturated rings. The highest BCUT2D eigenvalue weighted by Crippen LogP contribution is 2.36. The van der Waals surface area contributed by atoms with E-state index in [2.05, 4.69) is 20.3 Å². The van der Waals surface area contributed by atoms with E-state index in [1.807, 2.05) is 6.92 Å². The Hall–Kier alpha value is -3.45. The van der Waals surface area contributed by atoms with E-state index in [4.69, 9.17) is 23.9 Å². The number of benzene rings is 1. The molecule has 38 heavy (non-hydrogen) atoms. The number of aromatic nitrogens is 4. The van der Waals surface area contributed by atoms with Crippen LogP contribution < -0.4 is 5.32 Å². The number of imidazole rings is 1. The Morgan fingerprint density at radius 1 is 1.18 bits per heavy atom. The fourth-order valence-corrected chi connectivity index (χ4v) is 4.39. The maximum Gasteiger partial charge on any atom is 0.233 e. The standard InChI is InChI=1S/C26H31FN6O5/c1-26(24(34)33-10-13-36-14-11-33)15-37-23(38-16-26)22-31-20(17-3-5-18(27)6-4-17)21(32-22)19-7-8-28-25(30-19)29-9-12-35-2/h3-8,23H,9-16H2,1-2H3,(H,31,32)(H,28,29,30). The molecule has 202 valence electrons. The van der Waals surface area contributed by atoms with Crippen LogP contribution in [0.5, 0.6) is 0 Å². The molecule has 2 N–H and O–H groups in total. The van der Waals surface area contributed by atoms with E-state index in [1.165, 1.54) is 12.1 Å². The summed E-state index contributed by atoms with van der Waals surface area (Å²) in [5, 5.41) is 3.11. The largest absolute Gasteiger partial charge is 0.383 e. The van der Waals surface area contributed by atoms with Crippen LogP contribution in [-0.2, 0) is 23.7 Å². The summed E-state index contributed by atoms with van der Waals surface area (Å²) in [7, 11) is 1.62. The molecule has 2 aliphatic rings. The Balaban J connectivity index is 1.39. The molecule has 1 amide bonds. The molecule has 0 unspecified atom stereocenters. The van der Waals surface area contributed by atoms with E-state index in [1.54, 1.807) is 36.4 Å². The molecule has 5 rings (SSSR count). The van der Waals surface area contributed by atoms with Crippen molar-refractivity contribution in [3.8, 4) is 22.6 Å². The SMILES string of the molecule is COCCNc1nccc(-c2[nH]c(C3OCC(C)(C(=O)N4CCOCC4)CO3)nc2-c2ccc(F)cc2)n1. The summed E-state index contributed by atoms with van der Waals surface area (Å²) in [6, 6.07) is 7.81. The Bertz CT molecular complexity index is 1240. The van der Waals surface area contributed by atoms with E-state index in [0.29, 0.717) is 73.9 Å². The minimum absolute atomic E-state index is 0.0131. The molecule has 12 heteroatoms. The van der Waals surface area contributed by atoms with Gasteiger partial charge in [-0.3, -0.25) is 4.79 Å². The van der Waals surface area contributed by atoms with E-state index in [-0.39, 0.29) is 24.9 Å². The molecule has 0 radical (unpaired) electrons. The average molecular weight is 527 g/mol. The molecule has 0 atom stereocenters. The molecule has 0 saturated carbocycles. The summed E-state index contributed by atoms with van der Waals surface area (Å²) >= 11 is 0. The zero-order valence-electron chi connectivity index (χ0n) is 21.4. The number of rotatable bonds is 8. The van der Waals surface area contributed by atoms with Crippen LogP contribution >= 0.6 is 0 Å². The maximum absolute atomic E-state index is 13.6. The van der Waals surface area contributed by atoms with Gasteiger partial charge in [0.2, 0.25) is 18.1 Å². The number of hydrogen-bond acceptors (Lipinski definition) is 9. The lowest BCUT2D eigenvalue weighted by atomic mass is 9.90. The minimum atomic E-state index is -0.811. The molecule has 0 spiro atoms. The monoisotopic (exact) mass is 526 g/mol. The van der Waals surface area contributed by atoms with E-state index >= 15 is 0 Å². The van der Waals surface area contributed by atoms with Crippen molar-refractivity contribution in [2.75, 3.05) is 65.1 Å². The van der Waals surface area contributed by atoms with Crippen LogP contribution in [0.3, 0.4) is 0 Å². The van der Waals surface area contributed by atoms with Crippen molar-refractivity contribution in [1.29, 1.82) is 0 Å². The van der Waals surface area contributed by atoms with Crippen LogP contribution in [0, 0.1) is 11.2 Å². The first-order valence-corrected chi connectivity index (χ1v) is 12.5. The van der Waals surface area contributed by atoms with Crippen molar-refractivity contribution in [3.05, 3.63) is 48.2 Å². The summed E-state index contributed by atoms with van der Waals surface area (Å²) in [5.74, 6) is 0.498. The first-order chi connectivity index (χ1) is 18.5. The number of morpholine rings is 1. The second-order valence-electron chi connectivity index (χ2n) is 9.46. The van der Waals surface area contributed by atoms with Crippen LogP contribution in [-0.4, -0.2) is 90.5 Å². The third kappa shape index (κ3) is 5.68. The predicted molar refractivity (Wildman–Crippen MR) is 136 cm³/mol. The van der Waals surface area contributed by atoms with E-state index in [0.717, 1.165) is 0 Å². The summed E-state index contributed by atoms with van der Waals surface area (Å²) in [6.45, 7) is 5.42. The number of H-pyrrole nitrogens is 1. The van der Waals surface area contributed by atoms with Crippen molar-refractivity contribution in [2.45, 2.75) is 13.2 Å². The highest BCUT2D eigenvalue weighted by Gasteiger charge is 2.43. The van der Waals surface area contributed by atoms with Gasteiger partial charge in [0.15, 0.2) is 5.82 Å². The molecule has 4 heterocycles. The van der Waals surface area contributed by atoms with Crippen LogP contribution in [0.1, 0.15) is 19.0 Å². The van der Waals surface area contributed by atoms with Crippen molar-refractivity contribution in [2.24, 2.45) is 5.41 Å². The van der Waals surface area contributed by atoms with Crippen molar-refractivity contribution in [1.82, 2.24) is 24.8 Å². The Labute approximate surface area is 219 Å². The fraction of sp³-hybridized carbons (Fsp3) is 0.462. The number of methoxy groups -OCH3 is 1. The van der Waals surface area contributed by atoms with E-state index < -0.39 is 11.7 Å². The molecule has 3 aromatic rings. The van der Waals surface area contributed by atoms with Gasteiger partial charge in [0, 0.05) is 38.5 Å². The van der Waals surface area contributed by atoms with Crippen LogP contribution in [0.25, 0.3) is 22.6 Å². The van der Waals surface area contributed by atoms with Gasteiger partial charge < -0.3 is 34.1 Å². The lowest BCUT2D eigenvalue weighted by Gasteiger charge is -2.39. The first-order valence-electron chi connectivity index (χ1n) is 12.5. The van der Waals surface area contributed by atoms with Crippen molar-refractivity contribution >= 4 is 11.9 Å². The Morgan fingerprint density at radius 2 is 1.92 bits per heavy atom. The number of nitrogens with zero attached hydrogens (tertiary/aromatic N) is 4. The van der Waals surface area contributed by atoms with Gasteiger partial charge in [0.05, 0.1) is 55.5 Å². The summed E-state index contributed by atoms with van der Waals surface area (Å²) in [6.07, 6.45) is 0.831. The number of aromatic amines is 1. The molecule has 1 aromatic carbocycles. The number of amides is 1. The number of carbonyl (C=O) groups is 1. The number of anilines is 1. The third-order valence-electron chi connectivity index (χ3n) is 6.49. The van der Waals surface area contributed by atoms with Gasteiger partial charge in [-0.15, -0.1) is 0 Å². The summed E-state index contributed by atoms with van der Waals surface area (Å²) < 4.78 is 36.1. The molecule has 0 aliphatic carbocycles. The van der Waals surface area contributed by atoms with Gasteiger partial charge in [0.1, 0.15) is 5.82 Å². The highest BCUT2D eigenvalue weighted by molar-refractivity contribution is 5.83. The molecule has 2 aliphatic heterocycles. The number of carbonyl (C=O) groups excluding carboxylic acids is 1. The topological polar surface area (TPSA) is 124 Å². The van der Waals surface area contributed by atoms with Gasteiger partial charge in [-0.2, -0.15) is 0 Å². The van der Waals surface area contributed by atoms with Crippen LogP contribution in [0.15, 0.2) is 36.5 Å². The van der Waals surface area contributed by atoms with Gasteiger partial charge in [0.25, 0.3) is 0 Å². The van der Waals surface area contributed by atoms with E-state index in [9.17, 15) is 9.18 Å². The minimum Gasteiger partial charge on any atom is -0.383 e. The number of ether oxygens (including phenoxy) is 4. The van der Waals surface area contributed by atoms with Gasteiger partial charge >= 0.3 is 0 Å². The quantitative estimate of drug-likeness (QED) is 0.426. The molecule has 11 nitrogen and oxygen atoms in total. The highest BCUT2D eigenvalue weighted by atomic mass is 19.1. The fourth-order valence-electron chi connectivity index (χ4n) is 4.39. The second-order valence-corrected chi connectivity index (χ2v) is 9.46. The smallest absolute Gasteiger partial charge is 0.233 e. The first kappa shape index (κ1) is 26.2. The van der Waals surface area contributed by atoms with Crippen molar-refractivity contribution in [3.63, 3.8) is 0 Å². The lowest BCUT2D eigenvalue weighted by molar-refractivity contribution is -0.235. The molecule has 2 aromatic heterocycles. The second kappa shape index (κ2) is 11.5. The van der Waals surface area contributed by atoms with Gasteiger partial charge in [-0.25, -0.2) is 19.3 Å². The molecular weight excluding hydrogens is 495 g/mol. The number of nitrogens with one attached hydrogen (secondary N) is 2. The Kier molecular flexibility index (Phi) is 7.93. The van der Waals surface area contributed by atoms with Gasteiger partial charge in [-0.05, 0) is 37.3 Å². The van der Waals surface area contributed by atoms with Crippen LogP contribution in [0.2, 0.25) is 0 Å². The van der Waals surface area contributed by atoms with Crippen LogP contribution in [0.4, 0.5) is 10.3 Å². The molecule has 0 bridgehead atoms. The maximum atomic E-state index is 13.6. The Morgan fingerprint density at radius 3 is 2.63 bits per heavy atom. The van der Waals surface area contributed by atoms with Crippen molar-refractivity contribution < 1.29 is 28.1 Å². The predicted octanol–water partition coefficient (Wildman–Crippen LogP) is 2.64. The number of halogens is 1. The summed E-state index contributed by atoms with van der Waals surface area (Å²) in [5.41, 5.74) is 1.64.